The van der Waals surface area contributed by atoms with Gasteiger partial charge in [0.05, 0.1) is 13.2 Å². The summed E-state index contributed by atoms with van der Waals surface area (Å²) in [5.74, 6) is 0.406. The van der Waals surface area contributed by atoms with E-state index in [0.717, 1.165) is 56.2 Å². The molecule has 0 aliphatic carbocycles. The van der Waals surface area contributed by atoms with Gasteiger partial charge in [0, 0.05) is 31.9 Å². The number of aryl methyl sites for hydroxylation is 2. The lowest BCUT2D eigenvalue weighted by molar-refractivity contribution is 0.0398. The Morgan fingerprint density at radius 1 is 1.12 bits per heavy atom. The summed E-state index contributed by atoms with van der Waals surface area (Å²) >= 11 is 0. The molecule has 2 N–H and O–H groups in total. The highest BCUT2D eigenvalue weighted by atomic mass is 16.5. The smallest absolute Gasteiger partial charge is 0.276 e. The van der Waals surface area contributed by atoms with Gasteiger partial charge in [-0.2, -0.15) is 0 Å². The van der Waals surface area contributed by atoms with Crippen molar-refractivity contribution in [2.24, 2.45) is 0 Å². The predicted molar refractivity (Wildman–Crippen MR) is 102 cm³/mol. The normalized spacial score (nSPS) is 14.8. The van der Waals surface area contributed by atoms with E-state index >= 15 is 0 Å². The predicted octanol–water partition coefficient (Wildman–Crippen LogP) is 2.09. The van der Waals surface area contributed by atoms with Gasteiger partial charge in [-0.1, -0.05) is 6.07 Å². The van der Waals surface area contributed by atoms with Crippen molar-refractivity contribution in [1.29, 1.82) is 0 Å². The van der Waals surface area contributed by atoms with Gasteiger partial charge in [-0.05, 0) is 49.2 Å². The molecule has 7 nitrogen and oxygen atoms in total. The third kappa shape index (κ3) is 5.24. The number of nitrogens with zero attached hydrogens (tertiary/aromatic N) is 3. The fourth-order valence-corrected chi connectivity index (χ4v) is 2.96. The molecule has 0 atom stereocenters. The highest BCUT2D eigenvalue weighted by Gasteiger charge is 2.11. The summed E-state index contributed by atoms with van der Waals surface area (Å²) in [4.78, 5) is 14.7. The number of hydrogen-bond donors (Lipinski definition) is 2. The van der Waals surface area contributed by atoms with Gasteiger partial charge >= 0.3 is 0 Å². The molecule has 1 aliphatic heterocycles. The second-order valence-electron chi connectivity index (χ2n) is 6.52. The number of aromatic nitrogens is 2. The molecule has 0 radical (unpaired) electrons. The minimum atomic E-state index is -0.262. The molecule has 1 fully saturated rings. The van der Waals surface area contributed by atoms with Crippen LogP contribution in [0.25, 0.3) is 0 Å². The van der Waals surface area contributed by atoms with Crippen LogP contribution in [-0.2, 0) is 4.74 Å². The highest BCUT2D eigenvalue weighted by Crippen LogP contribution is 2.14. The topological polar surface area (TPSA) is 79.4 Å². The summed E-state index contributed by atoms with van der Waals surface area (Å²) in [6.07, 6.45) is 0. The number of hydrogen-bond acceptors (Lipinski definition) is 6. The average molecular weight is 355 g/mol. The Balaban J connectivity index is 1.50. The molecule has 0 spiro atoms. The van der Waals surface area contributed by atoms with Gasteiger partial charge in [-0.25, -0.2) is 0 Å². The van der Waals surface area contributed by atoms with Gasteiger partial charge in [-0.3, -0.25) is 9.69 Å². The van der Waals surface area contributed by atoms with Crippen molar-refractivity contribution in [2.75, 3.05) is 50.0 Å². The number of ether oxygens (including phenoxy) is 1. The number of carbonyl (C=O) groups excluding carboxylic acids is 1. The highest BCUT2D eigenvalue weighted by molar-refractivity contribution is 6.02. The fraction of sp³-hybridized carbons (Fsp3) is 0.421. The first-order valence-corrected chi connectivity index (χ1v) is 8.87. The molecule has 26 heavy (non-hydrogen) atoms. The van der Waals surface area contributed by atoms with Gasteiger partial charge in [0.25, 0.3) is 5.91 Å². The van der Waals surface area contributed by atoms with E-state index in [9.17, 15) is 4.79 Å². The van der Waals surface area contributed by atoms with Gasteiger partial charge in [0.2, 0.25) is 0 Å². The van der Waals surface area contributed by atoms with E-state index < -0.39 is 0 Å². The van der Waals surface area contributed by atoms with E-state index in [1.807, 2.05) is 26.0 Å². The first-order valence-electron chi connectivity index (χ1n) is 8.87. The van der Waals surface area contributed by atoms with Crippen LogP contribution in [0.4, 0.5) is 11.5 Å². The minimum Gasteiger partial charge on any atom is -0.379 e. The lowest BCUT2D eigenvalue weighted by Crippen LogP contribution is -2.39. The molecule has 2 aromatic rings. The molecule has 1 aromatic carbocycles. The lowest BCUT2D eigenvalue weighted by atomic mass is 10.1. The van der Waals surface area contributed by atoms with Gasteiger partial charge in [0.15, 0.2) is 5.69 Å². The quantitative estimate of drug-likeness (QED) is 0.826. The molecule has 3 rings (SSSR count). The number of nitrogens with one attached hydrogen (secondary N) is 2. The van der Waals surface area contributed by atoms with Crippen LogP contribution in [0.3, 0.4) is 0 Å². The van der Waals surface area contributed by atoms with E-state index in [1.54, 1.807) is 12.1 Å². The lowest BCUT2D eigenvalue weighted by Gasteiger charge is -2.26. The maximum absolute atomic E-state index is 12.3. The van der Waals surface area contributed by atoms with Crippen LogP contribution in [-0.4, -0.2) is 60.4 Å². The molecule has 7 heteroatoms. The van der Waals surface area contributed by atoms with Crippen LogP contribution in [0.5, 0.6) is 0 Å². The Kier molecular flexibility index (Phi) is 6.14. The fourth-order valence-electron chi connectivity index (χ4n) is 2.96. The molecular formula is C19H25N5O2. The second kappa shape index (κ2) is 8.73. The summed E-state index contributed by atoms with van der Waals surface area (Å²) in [7, 11) is 0. The maximum Gasteiger partial charge on any atom is 0.276 e. The van der Waals surface area contributed by atoms with E-state index in [4.69, 9.17) is 4.74 Å². The van der Waals surface area contributed by atoms with Gasteiger partial charge in [-0.15, -0.1) is 10.2 Å². The second-order valence-corrected chi connectivity index (χ2v) is 6.52. The Morgan fingerprint density at radius 2 is 1.85 bits per heavy atom. The first-order chi connectivity index (χ1) is 12.6. The van der Waals surface area contributed by atoms with Crippen molar-refractivity contribution in [2.45, 2.75) is 13.8 Å². The summed E-state index contributed by atoms with van der Waals surface area (Å²) < 4.78 is 5.33. The number of anilines is 2. The van der Waals surface area contributed by atoms with E-state index in [-0.39, 0.29) is 5.91 Å². The van der Waals surface area contributed by atoms with E-state index in [2.05, 4.69) is 31.8 Å². The monoisotopic (exact) mass is 355 g/mol. The standard InChI is InChI=1S/C19H25N5O2/c1-14-11-15(2)13-16(12-14)21-19(25)17-3-4-18(23-22-17)20-5-6-24-7-9-26-10-8-24/h3-4,11-13H,5-10H2,1-2H3,(H,20,23)(H,21,25). The molecule has 138 valence electrons. The summed E-state index contributed by atoms with van der Waals surface area (Å²) in [5, 5.41) is 14.2. The van der Waals surface area contributed by atoms with Crippen molar-refractivity contribution in [1.82, 2.24) is 15.1 Å². The SMILES string of the molecule is Cc1cc(C)cc(NC(=O)c2ccc(NCCN3CCOCC3)nn2)c1. The maximum atomic E-state index is 12.3. The van der Waals surface area contributed by atoms with Crippen LogP contribution >= 0.6 is 0 Å². The van der Waals surface area contributed by atoms with Crippen molar-refractivity contribution in [3.05, 3.63) is 47.2 Å². The number of morpholine rings is 1. The zero-order valence-corrected chi connectivity index (χ0v) is 15.3. The van der Waals surface area contributed by atoms with Gasteiger partial charge in [0.1, 0.15) is 5.82 Å². The number of carbonyl (C=O) groups is 1. The summed E-state index contributed by atoms with van der Waals surface area (Å²) in [6, 6.07) is 9.39. The van der Waals surface area contributed by atoms with Crippen LogP contribution in [0.1, 0.15) is 21.6 Å². The van der Waals surface area contributed by atoms with Crippen LogP contribution in [0.15, 0.2) is 30.3 Å². The molecule has 0 unspecified atom stereocenters. The molecule has 1 aromatic heterocycles. The van der Waals surface area contributed by atoms with Crippen LogP contribution < -0.4 is 10.6 Å². The number of benzene rings is 1. The Hall–Kier alpha value is -2.51. The molecular weight excluding hydrogens is 330 g/mol. The minimum absolute atomic E-state index is 0.262. The Bertz CT molecular complexity index is 722. The van der Waals surface area contributed by atoms with Crippen LogP contribution in [0.2, 0.25) is 0 Å². The van der Waals surface area contributed by atoms with Crippen molar-refractivity contribution in [3.8, 4) is 0 Å². The molecule has 0 bridgehead atoms. The molecule has 1 saturated heterocycles. The summed E-state index contributed by atoms with van der Waals surface area (Å²) in [5.41, 5.74) is 3.27. The van der Waals surface area contributed by atoms with Gasteiger partial charge < -0.3 is 15.4 Å². The third-order valence-corrected chi connectivity index (χ3v) is 4.21. The number of rotatable bonds is 6. The van der Waals surface area contributed by atoms with E-state index in [0.29, 0.717) is 11.5 Å². The molecule has 2 heterocycles. The summed E-state index contributed by atoms with van der Waals surface area (Å²) in [6.45, 7) is 9.23. The largest absolute Gasteiger partial charge is 0.379 e. The zero-order chi connectivity index (χ0) is 18.4. The van der Waals surface area contributed by atoms with Crippen LogP contribution in [0, 0.1) is 13.8 Å². The van der Waals surface area contributed by atoms with E-state index in [1.165, 1.54) is 0 Å². The average Bonchev–Trinajstić information content (AvgIpc) is 2.62. The molecule has 1 amide bonds. The number of amides is 1. The molecule has 0 saturated carbocycles. The van der Waals surface area contributed by atoms with Crippen molar-refractivity contribution in [3.63, 3.8) is 0 Å². The first kappa shape index (κ1) is 18.3. The Labute approximate surface area is 153 Å². The third-order valence-electron chi connectivity index (χ3n) is 4.21. The Morgan fingerprint density at radius 3 is 2.50 bits per heavy atom. The molecule has 1 aliphatic rings. The zero-order valence-electron chi connectivity index (χ0n) is 15.3. The van der Waals surface area contributed by atoms with Crippen molar-refractivity contribution < 1.29 is 9.53 Å². The van der Waals surface area contributed by atoms with Crippen molar-refractivity contribution >= 4 is 17.4 Å².